The van der Waals surface area contributed by atoms with E-state index in [0.29, 0.717) is 6.42 Å². The Morgan fingerprint density at radius 3 is 1.30 bits per heavy atom. The van der Waals surface area contributed by atoms with Gasteiger partial charge in [0.25, 0.3) is 0 Å². The molecule has 0 heterocycles. The summed E-state index contributed by atoms with van der Waals surface area (Å²) in [7, 11) is -4.39. The molecule has 0 aliphatic rings. The van der Waals surface area contributed by atoms with Crippen LogP contribution in [0.3, 0.4) is 0 Å². The normalized spacial score (nSPS) is 13.4. The average Bonchev–Trinajstić information content (AvgIpc) is 3.27. The van der Waals surface area contributed by atoms with Crippen LogP contribution in [0, 0.1) is 0 Å². The molecule has 63 heavy (non-hydrogen) atoms. The van der Waals surface area contributed by atoms with Crippen LogP contribution in [-0.2, 0) is 32.7 Å². The molecular weight excluding hydrogens is 810 g/mol. The van der Waals surface area contributed by atoms with Crippen LogP contribution in [0.2, 0.25) is 0 Å². The molecule has 0 aromatic rings. The molecule has 9 nitrogen and oxygen atoms in total. The van der Waals surface area contributed by atoms with Gasteiger partial charge in [-0.15, -0.1) is 0 Å². The quantitative estimate of drug-likeness (QED) is 0.0265. The zero-order valence-electron chi connectivity index (χ0n) is 41.1. The van der Waals surface area contributed by atoms with Gasteiger partial charge in [0, 0.05) is 19.4 Å². The molecule has 0 saturated carbocycles. The highest BCUT2D eigenvalue weighted by atomic mass is 31.2. The summed E-state index contributed by atoms with van der Waals surface area (Å²) in [4.78, 5) is 35.0. The van der Waals surface area contributed by atoms with Gasteiger partial charge in [0.2, 0.25) is 0 Å². The molecule has 0 bridgehead atoms. The number of ether oxygens (including phenoxy) is 2. The molecule has 10 heteroatoms. The molecule has 2 atom stereocenters. The molecule has 370 valence electrons. The van der Waals surface area contributed by atoms with Gasteiger partial charge in [0.15, 0.2) is 6.10 Å². The molecule has 0 fully saturated rings. The Morgan fingerprint density at radius 1 is 0.492 bits per heavy atom. The first-order valence-electron chi connectivity index (χ1n) is 26.5. The number of rotatable bonds is 50. The van der Waals surface area contributed by atoms with Crippen molar-refractivity contribution in [3.63, 3.8) is 0 Å². The third-order valence-corrected chi connectivity index (χ3v) is 12.5. The lowest BCUT2D eigenvalue weighted by molar-refractivity contribution is -0.161. The Kier molecular flexibility index (Phi) is 48.3. The smallest absolute Gasteiger partial charge is 0.462 e. The second kappa shape index (κ2) is 49.7. The van der Waals surface area contributed by atoms with Crippen molar-refractivity contribution in [3.05, 3.63) is 36.5 Å². The van der Waals surface area contributed by atoms with Crippen molar-refractivity contribution in [3.8, 4) is 0 Å². The summed E-state index contributed by atoms with van der Waals surface area (Å²) in [6, 6.07) is 0. The van der Waals surface area contributed by atoms with Gasteiger partial charge >= 0.3 is 19.8 Å². The van der Waals surface area contributed by atoms with E-state index in [9.17, 15) is 19.0 Å². The SMILES string of the molecule is CC/C=C\C/C=C\C/C=C\CCCCCC(=O)OC(COC(=O)CCCCCCCCCCCCCCCCCCCCCCCCCCCCCCC)COP(=O)(O)OCCN. The van der Waals surface area contributed by atoms with Gasteiger partial charge < -0.3 is 20.1 Å². The fraction of sp³-hybridized carbons (Fsp3) is 0.849. The van der Waals surface area contributed by atoms with Crippen molar-refractivity contribution in [1.29, 1.82) is 0 Å². The Morgan fingerprint density at radius 2 is 0.873 bits per heavy atom. The van der Waals surface area contributed by atoms with E-state index < -0.39 is 26.5 Å². The summed E-state index contributed by atoms with van der Waals surface area (Å²) < 4.78 is 32.8. The maximum absolute atomic E-state index is 12.6. The molecule has 2 unspecified atom stereocenters. The third-order valence-electron chi connectivity index (χ3n) is 11.5. The van der Waals surface area contributed by atoms with E-state index in [1.54, 1.807) is 0 Å². The van der Waals surface area contributed by atoms with Crippen LogP contribution >= 0.6 is 7.82 Å². The van der Waals surface area contributed by atoms with Gasteiger partial charge in [-0.05, 0) is 44.9 Å². The highest BCUT2D eigenvalue weighted by molar-refractivity contribution is 7.47. The molecule has 0 amide bonds. The van der Waals surface area contributed by atoms with Crippen molar-refractivity contribution in [2.24, 2.45) is 5.73 Å². The minimum atomic E-state index is -4.39. The number of esters is 2. The second-order valence-corrected chi connectivity index (χ2v) is 19.2. The van der Waals surface area contributed by atoms with E-state index in [2.05, 4.69) is 50.3 Å². The van der Waals surface area contributed by atoms with Crippen molar-refractivity contribution in [1.82, 2.24) is 0 Å². The van der Waals surface area contributed by atoms with Crippen LogP contribution in [0.5, 0.6) is 0 Å². The van der Waals surface area contributed by atoms with Gasteiger partial charge in [0.05, 0.1) is 13.2 Å². The van der Waals surface area contributed by atoms with Gasteiger partial charge in [-0.3, -0.25) is 18.6 Å². The standard InChI is InChI=1S/C53H100NO8P/c1-3-5-7-9-11-13-15-17-18-19-20-21-22-23-24-25-26-27-28-29-30-31-32-34-35-37-39-41-43-45-52(55)59-49-51(50-61-63(57,58)60-48-47-54)62-53(56)46-44-42-40-38-36-33-16-14-12-10-8-6-4-2/h6,8,12,14,33,36,51H,3-5,7,9-11,13,15-32,34-35,37-50,54H2,1-2H3,(H,57,58)/b8-6-,14-12-,36-33-. The van der Waals surface area contributed by atoms with Gasteiger partial charge in [-0.2, -0.15) is 0 Å². The van der Waals surface area contributed by atoms with E-state index in [4.69, 9.17) is 24.3 Å². The number of phosphoric ester groups is 1. The van der Waals surface area contributed by atoms with E-state index >= 15 is 0 Å². The number of phosphoric acid groups is 1. The fourth-order valence-corrected chi connectivity index (χ4v) is 8.42. The van der Waals surface area contributed by atoms with Crippen LogP contribution in [0.4, 0.5) is 0 Å². The summed E-state index contributed by atoms with van der Waals surface area (Å²) in [6.07, 6.45) is 57.9. The van der Waals surface area contributed by atoms with Gasteiger partial charge in [0.1, 0.15) is 6.61 Å². The lowest BCUT2D eigenvalue weighted by Crippen LogP contribution is -2.29. The van der Waals surface area contributed by atoms with E-state index in [1.165, 1.54) is 167 Å². The number of nitrogens with two attached hydrogens (primary N) is 1. The number of hydrogen-bond acceptors (Lipinski definition) is 8. The van der Waals surface area contributed by atoms with E-state index in [-0.39, 0.29) is 38.6 Å². The van der Waals surface area contributed by atoms with Crippen LogP contribution in [0.25, 0.3) is 0 Å². The zero-order valence-corrected chi connectivity index (χ0v) is 42.0. The summed E-state index contributed by atoms with van der Waals surface area (Å²) in [5.74, 6) is -0.853. The molecule has 0 rings (SSSR count). The minimum absolute atomic E-state index is 0.0490. The Bertz CT molecular complexity index is 1130. The minimum Gasteiger partial charge on any atom is -0.462 e. The highest BCUT2D eigenvalue weighted by Crippen LogP contribution is 2.43. The van der Waals surface area contributed by atoms with Crippen molar-refractivity contribution in [2.45, 2.75) is 264 Å². The predicted molar refractivity (Wildman–Crippen MR) is 266 cm³/mol. The van der Waals surface area contributed by atoms with Crippen LogP contribution < -0.4 is 5.73 Å². The highest BCUT2D eigenvalue weighted by Gasteiger charge is 2.26. The molecule has 0 saturated heterocycles. The molecule has 3 N–H and O–H groups in total. The first-order valence-corrected chi connectivity index (χ1v) is 28.0. The van der Waals surface area contributed by atoms with Crippen LogP contribution in [0.15, 0.2) is 36.5 Å². The summed E-state index contributed by atoms with van der Waals surface area (Å²) >= 11 is 0. The third kappa shape index (κ3) is 49.5. The maximum Gasteiger partial charge on any atom is 0.472 e. The molecule has 0 aliphatic carbocycles. The first-order chi connectivity index (χ1) is 30.8. The Hall–Kier alpha value is -1.77. The predicted octanol–water partition coefficient (Wildman–Crippen LogP) is 16.1. The Labute approximate surface area is 388 Å². The maximum atomic E-state index is 12.6. The number of carbonyl (C=O) groups excluding carboxylic acids is 2. The fourth-order valence-electron chi connectivity index (χ4n) is 7.65. The topological polar surface area (TPSA) is 134 Å². The van der Waals surface area contributed by atoms with Crippen molar-refractivity contribution < 1.29 is 37.6 Å². The lowest BCUT2D eigenvalue weighted by Gasteiger charge is -2.19. The number of hydrogen-bond donors (Lipinski definition) is 2. The average molecular weight is 910 g/mol. The monoisotopic (exact) mass is 910 g/mol. The molecule has 0 aliphatic heterocycles. The summed E-state index contributed by atoms with van der Waals surface area (Å²) in [5.41, 5.74) is 5.36. The first kappa shape index (κ1) is 61.2. The molecule has 0 spiro atoms. The largest absolute Gasteiger partial charge is 0.472 e. The van der Waals surface area contributed by atoms with Crippen molar-refractivity contribution in [2.75, 3.05) is 26.4 Å². The number of allylic oxidation sites excluding steroid dienone is 6. The number of carbonyl (C=O) groups is 2. The molecule has 0 aromatic heterocycles. The van der Waals surface area contributed by atoms with Crippen LogP contribution in [0.1, 0.15) is 258 Å². The summed E-state index contributed by atoms with van der Waals surface area (Å²) in [5, 5.41) is 0. The second-order valence-electron chi connectivity index (χ2n) is 17.7. The van der Waals surface area contributed by atoms with Gasteiger partial charge in [-0.25, -0.2) is 4.57 Å². The van der Waals surface area contributed by atoms with Gasteiger partial charge in [-0.1, -0.05) is 237 Å². The summed E-state index contributed by atoms with van der Waals surface area (Å²) in [6.45, 7) is 3.62. The lowest BCUT2D eigenvalue weighted by atomic mass is 10.0. The van der Waals surface area contributed by atoms with Crippen LogP contribution in [-0.4, -0.2) is 49.3 Å². The Balaban J connectivity index is 3.87. The zero-order chi connectivity index (χ0) is 46.0. The molecule has 0 radical (unpaired) electrons. The number of unbranched alkanes of at least 4 members (excludes halogenated alkanes) is 31. The molecular formula is C53H100NO8P. The van der Waals surface area contributed by atoms with E-state index in [0.717, 1.165) is 57.8 Å². The van der Waals surface area contributed by atoms with Crippen molar-refractivity contribution >= 4 is 19.8 Å². The van der Waals surface area contributed by atoms with E-state index in [1.807, 2.05) is 0 Å². The molecule has 0 aromatic carbocycles.